The van der Waals surface area contributed by atoms with E-state index in [1.54, 1.807) is 0 Å². The first-order chi connectivity index (χ1) is 5.64. The molecule has 0 aliphatic carbocycles. The molecule has 12 heavy (non-hydrogen) atoms. The molecule has 0 aromatic rings. The van der Waals surface area contributed by atoms with Crippen LogP contribution in [0.15, 0.2) is 0 Å². The van der Waals surface area contributed by atoms with Crippen LogP contribution in [0.25, 0.3) is 0 Å². The monoisotopic (exact) mass is 234 g/mol. The SMILES string of the molecule is CCC(C)C1(CBr)CC(C)CO1. The fraction of sp³-hybridized carbons (Fsp3) is 1.00. The summed E-state index contributed by atoms with van der Waals surface area (Å²) in [6.07, 6.45) is 2.42. The van der Waals surface area contributed by atoms with Gasteiger partial charge in [0.25, 0.3) is 0 Å². The molecule has 72 valence electrons. The van der Waals surface area contributed by atoms with Gasteiger partial charge in [-0.05, 0) is 18.3 Å². The van der Waals surface area contributed by atoms with Gasteiger partial charge in [-0.25, -0.2) is 0 Å². The Morgan fingerprint density at radius 1 is 1.67 bits per heavy atom. The highest BCUT2D eigenvalue weighted by molar-refractivity contribution is 9.09. The summed E-state index contributed by atoms with van der Waals surface area (Å²) in [4.78, 5) is 0. The van der Waals surface area contributed by atoms with Crippen LogP contribution in [0.3, 0.4) is 0 Å². The molecule has 0 N–H and O–H groups in total. The number of hydrogen-bond acceptors (Lipinski definition) is 1. The van der Waals surface area contributed by atoms with Crippen molar-refractivity contribution < 1.29 is 4.74 Å². The smallest absolute Gasteiger partial charge is 0.0807 e. The van der Waals surface area contributed by atoms with Gasteiger partial charge in [0.15, 0.2) is 0 Å². The summed E-state index contributed by atoms with van der Waals surface area (Å²) in [5, 5.41) is 0.985. The number of alkyl halides is 1. The van der Waals surface area contributed by atoms with Gasteiger partial charge in [-0.3, -0.25) is 0 Å². The standard InChI is InChI=1S/C10H19BrO/c1-4-9(3)10(7-11)5-8(2)6-12-10/h8-9H,4-7H2,1-3H3. The zero-order chi connectivity index (χ0) is 9.19. The van der Waals surface area contributed by atoms with Gasteiger partial charge in [0.1, 0.15) is 0 Å². The lowest BCUT2D eigenvalue weighted by molar-refractivity contribution is -0.0193. The molecule has 3 atom stereocenters. The van der Waals surface area contributed by atoms with Crippen molar-refractivity contribution in [3.05, 3.63) is 0 Å². The van der Waals surface area contributed by atoms with Crippen LogP contribution in [0.2, 0.25) is 0 Å². The van der Waals surface area contributed by atoms with Gasteiger partial charge < -0.3 is 4.74 Å². The van der Waals surface area contributed by atoms with Gasteiger partial charge in [-0.15, -0.1) is 0 Å². The van der Waals surface area contributed by atoms with E-state index in [1.807, 2.05) is 0 Å². The van der Waals surface area contributed by atoms with Crippen LogP contribution in [0, 0.1) is 11.8 Å². The highest BCUT2D eigenvalue weighted by Crippen LogP contribution is 2.38. The van der Waals surface area contributed by atoms with Crippen molar-refractivity contribution in [2.75, 3.05) is 11.9 Å². The van der Waals surface area contributed by atoms with E-state index in [2.05, 4.69) is 36.7 Å². The van der Waals surface area contributed by atoms with Crippen molar-refractivity contribution in [3.8, 4) is 0 Å². The number of halogens is 1. The molecule has 1 rings (SSSR count). The Labute approximate surface area is 84.0 Å². The first-order valence-electron chi connectivity index (χ1n) is 4.84. The molecular formula is C10H19BrO. The third kappa shape index (κ3) is 1.85. The molecule has 1 saturated heterocycles. The second-order valence-electron chi connectivity index (χ2n) is 4.13. The van der Waals surface area contributed by atoms with E-state index in [0.717, 1.165) is 17.9 Å². The molecule has 3 unspecified atom stereocenters. The summed E-state index contributed by atoms with van der Waals surface area (Å²) in [5.41, 5.74) is 0.133. The van der Waals surface area contributed by atoms with Crippen LogP contribution >= 0.6 is 15.9 Å². The molecule has 0 bridgehead atoms. The minimum Gasteiger partial charge on any atom is -0.374 e. The highest BCUT2D eigenvalue weighted by atomic mass is 79.9. The number of ether oxygens (including phenoxy) is 1. The zero-order valence-electron chi connectivity index (χ0n) is 8.27. The highest BCUT2D eigenvalue weighted by Gasteiger charge is 2.41. The molecule has 1 heterocycles. The van der Waals surface area contributed by atoms with E-state index in [0.29, 0.717) is 5.92 Å². The van der Waals surface area contributed by atoms with Crippen molar-refractivity contribution in [3.63, 3.8) is 0 Å². The van der Waals surface area contributed by atoms with Gasteiger partial charge in [0.05, 0.1) is 12.2 Å². The Balaban J connectivity index is 2.63. The Hall–Kier alpha value is 0.440. The molecule has 1 aliphatic heterocycles. The maximum Gasteiger partial charge on any atom is 0.0807 e. The molecule has 0 aromatic heterocycles. The lowest BCUT2D eigenvalue weighted by atomic mass is 9.84. The third-order valence-corrected chi connectivity index (χ3v) is 4.04. The number of hydrogen-bond donors (Lipinski definition) is 0. The molecule has 1 nitrogen and oxygen atoms in total. The first-order valence-corrected chi connectivity index (χ1v) is 5.96. The Kier molecular flexibility index (Phi) is 3.59. The van der Waals surface area contributed by atoms with Crippen LogP contribution in [-0.4, -0.2) is 17.5 Å². The third-order valence-electron chi connectivity index (χ3n) is 3.09. The normalized spacial score (nSPS) is 38.5. The average Bonchev–Trinajstić information content (AvgIpc) is 2.47. The van der Waals surface area contributed by atoms with Crippen LogP contribution in [0.4, 0.5) is 0 Å². The van der Waals surface area contributed by atoms with Gasteiger partial charge in [0.2, 0.25) is 0 Å². The van der Waals surface area contributed by atoms with Crippen molar-refractivity contribution in [1.29, 1.82) is 0 Å². The van der Waals surface area contributed by atoms with Crippen LogP contribution < -0.4 is 0 Å². The average molecular weight is 235 g/mol. The van der Waals surface area contributed by atoms with E-state index in [1.165, 1.54) is 12.8 Å². The lowest BCUT2D eigenvalue weighted by Crippen LogP contribution is -2.37. The largest absolute Gasteiger partial charge is 0.374 e. The quantitative estimate of drug-likeness (QED) is 0.682. The predicted octanol–water partition coefficient (Wildman–Crippen LogP) is 3.22. The summed E-state index contributed by atoms with van der Waals surface area (Å²) < 4.78 is 5.91. The molecular weight excluding hydrogens is 216 g/mol. The molecule has 0 saturated carbocycles. The van der Waals surface area contributed by atoms with Crippen molar-refractivity contribution in [2.24, 2.45) is 11.8 Å². The molecule has 0 spiro atoms. The Morgan fingerprint density at radius 3 is 2.67 bits per heavy atom. The van der Waals surface area contributed by atoms with E-state index in [4.69, 9.17) is 4.74 Å². The topological polar surface area (TPSA) is 9.23 Å². The summed E-state index contributed by atoms with van der Waals surface area (Å²) in [6, 6.07) is 0. The minimum absolute atomic E-state index is 0.133. The van der Waals surface area contributed by atoms with Crippen molar-refractivity contribution >= 4 is 15.9 Å². The second-order valence-corrected chi connectivity index (χ2v) is 4.69. The molecule has 1 aliphatic rings. The van der Waals surface area contributed by atoms with E-state index >= 15 is 0 Å². The van der Waals surface area contributed by atoms with Gasteiger partial charge in [-0.2, -0.15) is 0 Å². The van der Waals surface area contributed by atoms with Crippen molar-refractivity contribution in [1.82, 2.24) is 0 Å². The molecule has 0 amide bonds. The van der Waals surface area contributed by atoms with E-state index < -0.39 is 0 Å². The van der Waals surface area contributed by atoms with Crippen LogP contribution in [-0.2, 0) is 4.74 Å². The zero-order valence-corrected chi connectivity index (χ0v) is 9.86. The van der Waals surface area contributed by atoms with Gasteiger partial charge >= 0.3 is 0 Å². The maximum atomic E-state index is 5.91. The van der Waals surface area contributed by atoms with Gasteiger partial charge in [-0.1, -0.05) is 43.1 Å². The maximum absolute atomic E-state index is 5.91. The van der Waals surface area contributed by atoms with E-state index in [-0.39, 0.29) is 5.60 Å². The summed E-state index contributed by atoms with van der Waals surface area (Å²) in [7, 11) is 0. The molecule has 0 aromatic carbocycles. The number of rotatable bonds is 3. The summed E-state index contributed by atoms with van der Waals surface area (Å²) >= 11 is 3.58. The summed E-state index contributed by atoms with van der Waals surface area (Å²) in [6.45, 7) is 7.74. The van der Waals surface area contributed by atoms with Gasteiger partial charge in [0, 0.05) is 5.33 Å². The van der Waals surface area contributed by atoms with Crippen LogP contribution in [0.1, 0.15) is 33.6 Å². The minimum atomic E-state index is 0.133. The fourth-order valence-electron chi connectivity index (χ4n) is 1.96. The molecule has 2 heteroatoms. The van der Waals surface area contributed by atoms with Crippen molar-refractivity contribution in [2.45, 2.75) is 39.2 Å². The van der Waals surface area contributed by atoms with E-state index in [9.17, 15) is 0 Å². The lowest BCUT2D eigenvalue weighted by Gasteiger charge is -2.32. The Bertz CT molecular complexity index is 149. The second kappa shape index (κ2) is 4.10. The molecule has 1 fully saturated rings. The first kappa shape index (κ1) is 10.5. The molecule has 0 radical (unpaired) electrons. The predicted molar refractivity (Wildman–Crippen MR) is 55.7 cm³/mol. The summed E-state index contributed by atoms with van der Waals surface area (Å²) in [5.74, 6) is 1.40. The Morgan fingerprint density at radius 2 is 2.33 bits per heavy atom. The van der Waals surface area contributed by atoms with Crippen LogP contribution in [0.5, 0.6) is 0 Å². The fourth-order valence-corrected chi connectivity index (χ4v) is 2.90.